The first-order chi connectivity index (χ1) is 5.17. The Kier molecular flexibility index (Phi) is 0.958. The summed E-state index contributed by atoms with van der Waals surface area (Å²) in [5, 5.41) is -0.133. The van der Waals surface area contributed by atoms with Gasteiger partial charge in [0, 0.05) is 5.92 Å². The first-order valence-corrected chi connectivity index (χ1v) is 5.56. The van der Waals surface area contributed by atoms with Crippen molar-refractivity contribution in [1.82, 2.24) is 0 Å². The molecule has 3 aliphatic rings. The van der Waals surface area contributed by atoms with E-state index in [2.05, 4.69) is 0 Å². The Labute approximate surface area is 65.9 Å². The zero-order valence-corrected chi connectivity index (χ0v) is 6.88. The van der Waals surface area contributed by atoms with E-state index in [1.165, 1.54) is 0 Å². The lowest BCUT2D eigenvalue weighted by Crippen LogP contribution is -2.21. The monoisotopic (exact) mass is 174 g/mol. The molecule has 62 valence electrons. The van der Waals surface area contributed by atoms with Gasteiger partial charge >= 0.3 is 0 Å². The number of hydrogen-bond acceptors (Lipinski definition) is 3. The lowest BCUT2D eigenvalue weighted by atomic mass is 9.98. The molecule has 1 heterocycles. The Morgan fingerprint density at radius 1 is 1.18 bits per heavy atom. The second kappa shape index (κ2) is 1.64. The first kappa shape index (κ1) is 6.43. The average Bonchev–Trinajstić information content (AvgIpc) is 2.44. The van der Waals surface area contributed by atoms with Gasteiger partial charge in [-0.25, -0.2) is 0 Å². The molecule has 4 atom stereocenters. The predicted octanol–water partition coefficient (Wildman–Crippen LogP) is 0.513. The fourth-order valence-electron chi connectivity index (χ4n) is 2.91. The van der Waals surface area contributed by atoms with Gasteiger partial charge in [-0.05, 0) is 25.2 Å². The van der Waals surface area contributed by atoms with E-state index in [1.807, 2.05) is 0 Å². The van der Waals surface area contributed by atoms with Crippen LogP contribution >= 0.6 is 0 Å². The summed E-state index contributed by atoms with van der Waals surface area (Å²) in [5.74, 6) is 0.997. The highest BCUT2D eigenvalue weighted by molar-refractivity contribution is 7.87. The van der Waals surface area contributed by atoms with Crippen LogP contribution in [0, 0.1) is 11.8 Å². The van der Waals surface area contributed by atoms with Crippen LogP contribution in [0.1, 0.15) is 19.3 Å². The van der Waals surface area contributed by atoms with Gasteiger partial charge in [0.1, 0.15) is 0 Å². The molecule has 0 spiro atoms. The molecule has 3 nitrogen and oxygen atoms in total. The zero-order valence-electron chi connectivity index (χ0n) is 6.06. The fourth-order valence-corrected chi connectivity index (χ4v) is 4.84. The van der Waals surface area contributed by atoms with Gasteiger partial charge in [0.2, 0.25) is 0 Å². The SMILES string of the molecule is O=S1(=O)O[C@H]2CC3CC2C1C3. The topological polar surface area (TPSA) is 43.4 Å². The van der Waals surface area contributed by atoms with Gasteiger partial charge < -0.3 is 0 Å². The second-order valence-electron chi connectivity index (χ2n) is 3.90. The number of rotatable bonds is 0. The van der Waals surface area contributed by atoms with Crippen LogP contribution in [0.15, 0.2) is 0 Å². The van der Waals surface area contributed by atoms with Crippen molar-refractivity contribution in [2.75, 3.05) is 0 Å². The van der Waals surface area contributed by atoms with Crippen LogP contribution in [-0.2, 0) is 14.3 Å². The van der Waals surface area contributed by atoms with E-state index in [0.717, 1.165) is 19.3 Å². The molecular weight excluding hydrogens is 164 g/mol. The van der Waals surface area contributed by atoms with Crippen LogP contribution in [0.25, 0.3) is 0 Å². The van der Waals surface area contributed by atoms with Gasteiger partial charge in [0.15, 0.2) is 0 Å². The van der Waals surface area contributed by atoms with Crippen molar-refractivity contribution < 1.29 is 12.6 Å². The van der Waals surface area contributed by atoms with Gasteiger partial charge in [-0.1, -0.05) is 0 Å². The van der Waals surface area contributed by atoms with Gasteiger partial charge in [-0.2, -0.15) is 8.42 Å². The minimum Gasteiger partial charge on any atom is -0.266 e. The van der Waals surface area contributed by atoms with Gasteiger partial charge in [-0.15, -0.1) is 0 Å². The first-order valence-electron chi connectivity index (χ1n) is 4.09. The van der Waals surface area contributed by atoms with E-state index < -0.39 is 10.1 Å². The highest BCUT2D eigenvalue weighted by Gasteiger charge is 2.59. The highest BCUT2D eigenvalue weighted by atomic mass is 32.2. The molecule has 1 saturated heterocycles. The van der Waals surface area contributed by atoms with Crippen molar-refractivity contribution >= 4 is 10.1 Å². The maximum Gasteiger partial charge on any atom is 0.270 e. The minimum absolute atomic E-state index is 0.0590. The molecule has 3 unspecified atom stereocenters. The number of fused-ring (bicyclic) bond motifs is 1. The smallest absolute Gasteiger partial charge is 0.266 e. The molecule has 2 bridgehead atoms. The van der Waals surface area contributed by atoms with Crippen LogP contribution in [0.3, 0.4) is 0 Å². The van der Waals surface area contributed by atoms with Crippen LogP contribution in [-0.4, -0.2) is 19.8 Å². The molecule has 11 heavy (non-hydrogen) atoms. The van der Waals surface area contributed by atoms with Gasteiger partial charge in [0.05, 0.1) is 11.4 Å². The van der Waals surface area contributed by atoms with E-state index in [4.69, 9.17) is 4.18 Å². The van der Waals surface area contributed by atoms with Crippen LogP contribution in [0.2, 0.25) is 0 Å². The fraction of sp³-hybridized carbons (Fsp3) is 1.00. The molecule has 4 heteroatoms. The van der Waals surface area contributed by atoms with Crippen molar-refractivity contribution in [1.29, 1.82) is 0 Å². The zero-order chi connectivity index (χ0) is 7.64. The summed E-state index contributed by atoms with van der Waals surface area (Å²) in [7, 11) is -3.13. The van der Waals surface area contributed by atoms with Crippen molar-refractivity contribution in [3.63, 3.8) is 0 Å². The Morgan fingerprint density at radius 3 is 2.55 bits per heavy atom. The molecule has 2 aliphatic carbocycles. The molecular formula is C7H10O3S. The van der Waals surface area contributed by atoms with Crippen LogP contribution in [0.5, 0.6) is 0 Å². The van der Waals surface area contributed by atoms with Crippen LogP contribution in [0.4, 0.5) is 0 Å². The summed E-state index contributed by atoms with van der Waals surface area (Å²) < 4.78 is 27.5. The van der Waals surface area contributed by atoms with Crippen molar-refractivity contribution in [2.24, 2.45) is 11.8 Å². The summed E-state index contributed by atoms with van der Waals surface area (Å²) in [6, 6.07) is 0. The molecule has 2 saturated carbocycles. The summed E-state index contributed by atoms with van der Waals surface area (Å²) in [5.41, 5.74) is 0. The third kappa shape index (κ3) is 0.649. The summed E-state index contributed by atoms with van der Waals surface area (Å²) >= 11 is 0. The Balaban J connectivity index is 2.14. The standard InChI is InChI=1S/C7H10O3S/c8-11(9)7-3-4-1-5(7)6(2-4)10-11/h4-7H,1-3H2/t4?,5?,6-,7?/m0/s1. The third-order valence-electron chi connectivity index (χ3n) is 3.32. The molecule has 0 aromatic rings. The lowest BCUT2D eigenvalue weighted by Gasteiger charge is -2.11. The van der Waals surface area contributed by atoms with Gasteiger partial charge in [-0.3, -0.25) is 4.18 Å². The molecule has 0 aromatic carbocycles. The summed E-state index contributed by atoms with van der Waals surface area (Å²) in [4.78, 5) is 0. The Morgan fingerprint density at radius 2 is 2.00 bits per heavy atom. The lowest BCUT2D eigenvalue weighted by molar-refractivity contribution is 0.196. The second-order valence-corrected chi connectivity index (χ2v) is 5.69. The van der Waals surface area contributed by atoms with E-state index in [-0.39, 0.29) is 11.4 Å². The molecule has 3 rings (SSSR count). The Hall–Kier alpha value is -0.0900. The quantitative estimate of drug-likeness (QED) is 0.503. The van der Waals surface area contributed by atoms with Crippen molar-refractivity contribution in [3.05, 3.63) is 0 Å². The van der Waals surface area contributed by atoms with Crippen molar-refractivity contribution in [2.45, 2.75) is 30.6 Å². The number of hydrogen-bond donors (Lipinski definition) is 0. The third-order valence-corrected chi connectivity index (χ3v) is 5.12. The Bertz CT molecular complexity index is 293. The molecule has 1 aliphatic heterocycles. The largest absolute Gasteiger partial charge is 0.270 e. The average molecular weight is 174 g/mol. The highest BCUT2D eigenvalue weighted by Crippen LogP contribution is 2.54. The van der Waals surface area contributed by atoms with Crippen LogP contribution < -0.4 is 0 Å². The molecule has 0 aromatic heterocycles. The molecule has 3 fully saturated rings. The summed E-state index contributed by atoms with van der Waals surface area (Å²) in [6.07, 6.45) is 3.00. The van der Waals surface area contributed by atoms with E-state index in [9.17, 15) is 8.42 Å². The van der Waals surface area contributed by atoms with E-state index in [1.54, 1.807) is 0 Å². The summed E-state index contributed by atoms with van der Waals surface area (Å²) in [6.45, 7) is 0. The predicted molar refractivity (Wildman–Crippen MR) is 38.4 cm³/mol. The maximum atomic E-state index is 11.3. The van der Waals surface area contributed by atoms with Crippen molar-refractivity contribution in [3.8, 4) is 0 Å². The molecule has 0 N–H and O–H groups in total. The van der Waals surface area contributed by atoms with E-state index in [0.29, 0.717) is 11.8 Å². The maximum absolute atomic E-state index is 11.3. The minimum atomic E-state index is -3.13. The molecule has 0 amide bonds. The van der Waals surface area contributed by atoms with Gasteiger partial charge in [0.25, 0.3) is 10.1 Å². The van der Waals surface area contributed by atoms with E-state index >= 15 is 0 Å². The normalized spacial score (nSPS) is 57.1. The molecule has 0 radical (unpaired) electrons.